The molecule has 0 spiro atoms. The van der Waals surface area contributed by atoms with E-state index >= 15 is 0 Å². The van der Waals surface area contributed by atoms with E-state index in [0.717, 1.165) is 22.7 Å². The Morgan fingerprint density at radius 1 is 1.03 bits per heavy atom. The van der Waals surface area contributed by atoms with Crippen molar-refractivity contribution < 1.29 is 22.4 Å². The maximum atomic E-state index is 13.6. The lowest BCUT2D eigenvalue weighted by Gasteiger charge is -2.33. The van der Waals surface area contributed by atoms with Crippen molar-refractivity contribution in [2.45, 2.75) is 52.2 Å². The van der Waals surface area contributed by atoms with Crippen LogP contribution in [0.25, 0.3) is 0 Å². The first-order valence-corrected chi connectivity index (χ1v) is 13.7. The van der Waals surface area contributed by atoms with E-state index in [0.29, 0.717) is 22.0 Å². The quantitative estimate of drug-likeness (QED) is 0.446. The highest BCUT2D eigenvalue weighted by Crippen LogP contribution is 2.27. The maximum absolute atomic E-state index is 13.6. The smallest absolute Gasteiger partial charge is 0.244 e. The molecule has 0 heterocycles. The molecule has 35 heavy (non-hydrogen) atoms. The van der Waals surface area contributed by atoms with Crippen LogP contribution < -0.4 is 9.62 Å². The Morgan fingerprint density at radius 3 is 2.09 bits per heavy atom. The number of carbonyl (C=O) groups excluding carboxylic acids is 2. The van der Waals surface area contributed by atoms with Crippen molar-refractivity contribution >= 4 is 50.7 Å². The van der Waals surface area contributed by atoms with Gasteiger partial charge in [0.1, 0.15) is 18.4 Å². The third-order valence-electron chi connectivity index (χ3n) is 5.57. The van der Waals surface area contributed by atoms with Crippen LogP contribution in [0.2, 0.25) is 10.0 Å². The molecule has 0 aliphatic carbocycles. The number of halogens is 3. The molecule has 2 rings (SSSR count). The van der Waals surface area contributed by atoms with Crippen molar-refractivity contribution in [1.82, 2.24) is 10.2 Å². The Bertz CT molecular complexity index is 1130. The van der Waals surface area contributed by atoms with Crippen LogP contribution in [0.15, 0.2) is 42.5 Å². The molecule has 2 aromatic rings. The monoisotopic (exact) mass is 545 g/mol. The minimum absolute atomic E-state index is 0.106. The minimum atomic E-state index is -3.91. The van der Waals surface area contributed by atoms with Crippen LogP contribution in [-0.4, -0.2) is 50.0 Å². The second kappa shape index (κ2) is 12.6. The van der Waals surface area contributed by atoms with Crippen LogP contribution in [-0.2, 0) is 26.2 Å². The third-order valence-corrected chi connectivity index (χ3v) is 7.42. The largest absolute Gasteiger partial charge is 0.352 e. The van der Waals surface area contributed by atoms with Crippen LogP contribution in [0.5, 0.6) is 0 Å². The van der Waals surface area contributed by atoms with Crippen molar-refractivity contribution in [3.8, 4) is 0 Å². The number of anilines is 1. The molecule has 0 aliphatic rings. The second-order valence-corrected chi connectivity index (χ2v) is 10.9. The minimum Gasteiger partial charge on any atom is -0.352 e. The molecule has 0 aromatic heterocycles. The first kappa shape index (κ1) is 28.9. The summed E-state index contributed by atoms with van der Waals surface area (Å²) in [6.07, 6.45) is 1.91. The van der Waals surface area contributed by atoms with Gasteiger partial charge < -0.3 is 10.2 Å². The van der Waals surface area contributed by atoms with Gasteiger partial charge in [-0.15, -0.1) is 0 Å². The second-order valence-electron chi connectivity index (χ2n) is 8.21. The van der Waals surface area contributed by atoms with Gasteiger partial charge in [-0.3, -0.25) is 13.9 Å². The van der Waals surface area contributed by atoms with E-state index in [1.165, 1.54) is 17.0 Å². The van der Waals surface area contributed by atoms with E-state index in [9.17, 15) is 22.4 Å². The fourth-order valence-electron chi connectivity index (χ4n) is 3.44. The Morgan fingerprint density at radius 2 is 1.60 bits per heavy atom. The zero-order chi connectivity index (χ0) is 26.3. The lowest BCUT2D eigenvalue weighted by molar-refractivity contribution is -0.140. The first-order valence-electron chi connectivity index (χ1n) is 11.1. The summed E-state index contributed by atoms with van der Waals surface area (Å²) < 4.78 is 39.4. The van der Waals surface area contributed by atoms with Gasteiger partial charge in [0, 0.05) is 28.2 Å². The summed E-state index contributed by atoms with van der Waals surface area (Å²) in [4.78, 5) is 28.0. The van der Waals surface area contributed by atoms with E-state index in [1.54, 1.807) is 25.1 Å². The van der Waals surface area contributed by atoms with Crippen LogP contribution in [0.3, 0.4) is 0 Å². The molecule has 11 heteroatoms. The van der Waals surface area contributed by atoms with Gasteiger partial charge in [-0.05, 0) is 56.2 Å². The lowest BCUT2D eigenvalue weighted by atomic mass is 10.1. The number of rotatable bonds is 11. The van der Waals surface area contributed by atoms with Crippen molar-refractivity contribution in [2.75, 3.05) is 17.1 Å². The van der Waals surface area contributed by atoms with Gasteiger partial charge in [-0.25, -0.2) is 12.8 Å². The lowest BCUT2D eigenvalue weighted by Crippen LogP contribution is -2.53. The molecule has 0 aliphatic heterocycles. The molecular formula is C24H30Cl2FN3O4S. The molecule has 0 bridgehead atoms. The third kappa shape index (κ3) is 7.81. The Kier molecular flexibility index (Phi) is 10.4. The van der Waals surface area contributed by atoms with Crippen LogP contribution >= 0.6 is 23.2 Å². The summed E-state index contributed by atoms with van der Waals surface area (Å²) >= 11 is 12.7. The zero-order valence-corrected chi connectivity index (χ0v) is 22.4. The summed E-state index contributed by atoms with van der Waals surface area (Å²) in [7, 11) is -3.91. The fourth-order valence-corrected chi connectivity index (χ4v) is 4.80. The summed E-state index contributed by atoms with van der Waals surface area (Å²) in [6.45, 7) is 4.82. The van der Waals surface area contributed by atoms with Gasteiger partial charge in [0.05, 0.1) is 11.9 Å². The van der Waals surface area contributed by atoms with Gasteiger partial charge >= 0.3 is 0 Å². The predicted octanol–water partition coefficient (Wildman–Crippen LogP) is 4.62. The number of hydrogen-bond acceptors (Lipinski definition) is 4. The van der Waals surface area contributed by atoms with Crippen LogP contribution in [0.1, 0.15) is 39.2 Å². The molecule has 7 nitrogen and oxygen atoms in total. The van der Waals surface area contributed by atoms with Crippen molar-refractivity contribution in [2.24, 2.45) is 0 Å². The highest BCUT2D eigenvalue weighted by molar-refractivity contribution is 7.92. The summed E-state index contributed by atoms with van der Waals surface area (Å²) in [5.41, 5.74) is 0.557. The molecule has 2 amide bonds. The average Bonchev–Trinajstić information content (AvgIpc) is 2.78. The van der Waals surface area contributed by atoms with Gasteiger partial charge in [0.2, 0.25) is 21.8 Å². The summed E-state index contributed by atoms with van der Waals surface area (Å²) in [5, 5.41) is 3.50. The summed E-state index contributed by atoms with van der Waals surface area (Å²) in [6, 6.07) is 8.62. The van der Waals surface area contributed by atoms with Crippen molar-refractivity contribution in [3.05, 3.63) is 63.9 Å². The molecular weight excluding hydrogens is 516 g/mol. The summed E-state index contributed by atoms with van der Waals surface area (Å²) in [5.74, 6) is -1.55. The number of hydrogen-bond donors (Lipinski definition) is 1. The predicted molar refractivity (Wildman–Crippen MR) is 138 cm³/mol. The standard InChI is InChI=1S/C24H30Cl2FN3O4S/c1-5-16(3)28-24(32)22(6-2)29(14-19-20(25)8-7-9-21(19)26)23(31)15-30(35(4,33)34)18-12-10-17(27)11-13-18/h7-13,16,22H,5-6,14-15H2,1-4H3,(H,28,32)/t16-,22+/m0/s1. The van der Waals surface area contributed by atoms with E-state index in [-0.39, 0.29) is 30.6 Å². The fraction of sp³-hybridized carbons (Fsp3) is 0.417. The van der Waals surface area contributed by atoms with E-state index < -0.39 is 34.3 Å². The normalized spacial score (nSPS) is 13.1. The number of nitrogens with zero attached hydrogens (tertiary/aromatic N) is 2. The molecule has 1 N–H and O–H groups in total. The maximum Gasteiger partial charge on any atom is 0.244 e. The highest BCUT2D eigenvalue weighted by atomic mass is 35.5. The molecule has 0 unspecified atom stereocenters. The first-order chi connectivity index (χ1) is 16.4. The van der Waals surface area contributed by atoms with Gasteiger partial charge in [0.25, 0.3) is 0 Å². The average molecular weight is 546 g/mol. The van der Waals surface area contributed by atoms with E-state index in [2.05, 4.69) is 5.32 Å². The van der Waals surface area contributed by atoms with Crippen LogP contribution in [0.4, 0.5) is 10.1 Å². The number of benzene rings is 2. The number of sulfonamides is 1. The molecule has 0 saturated heterocycles. The number of nitrogens with one attached hydrogen (secondary N) is 1. The molecule has 2 atom stereocenters. The van der Waals surface area contributed by atoms with Gasteiger partial charge in [0.15, 0.2) is 0 Å². The van der Waals surface area contributed by atoms with Gasteiger partial charge in [-0.2, -0.15) is 0 Å². The molecule has 0 fully saturated rings. The molecule has 0 radical (unpaired) electrons. The Balaban J connectivity index is 2.49. The molecule has 2 aromatic carbocycles. The topological polar surface area (TPSA) is 86.8 Å². The van der Waals surface area contributed by atoms with Gasteiger partial charge in [-0.1, -0.05) is 43.1 Å². The van der Waals surface area contributed by atoms with Crippen molar-refractivity contribution in [1.29, 1.82) is 0 Å². The number of amides is 2. The molecule has 0 saturated carbocycles. The van der Waals surface area contributed by atoms with E-state index in [4.69, 9.17) is 23.2 Å². The Labute approximate surface area is 216 Å². The molecule has 192 valence electrons. The van der Waals surface area contributed by atoms with E-state index in [1.807, 2.05) is 13.8 Å². The zero-order valence-electron chi connectivity index (χ0n) is 20.1. The highest BCUT2D eigenvalue weighted by Gasteiger charge is 2.32. The van der Waals surface area contributed by atoms with Crippen LogP contribution in [0, 0.1) is 5.82 Å². The SMILES string of the molecule is CC[C@H](C(=O)N[C@@H](C)CC)N(Cc1c(Cl)cccc1Cl)C(=O)CN(c1ccc(F)cc1)S(C)(=O)=O. The van der Waals surface area contributed by atoms with Crippen molar-refractivity contribution in [3.63, 3.8) is 0 Å². The Hall–Kier alpha value is -2.36. The number of carbonyl (C=O) groups is 2.